The van der Waals surface area contributed by atoms with Crippen LogP contribution in [0.3, 0.4) is 0 Å². The fourth-order valence-corrected chi connectivity index (χ4v) is 5.44. The van der Waals surface area contributed by atoms with Gasteiger partial charge in [-0.1, -0.05) is 23.7 Å². The molecule has 0 radical (unpaired) electrons. The van der Waals surface area contributed by atoms with Gasteiger partial charge in [-0.2, -0.15) is 4.98 Å². The van der Waals surface area contributed by atoms with Crippen molar-refractivity contribution in [2.75, 3.05) is 4.90 Å². The molecule has 2 unspecified atom stereocenters. The Labute approximate surface area is 168 Å². The SMILES string of the molecule is Cc1sc2nc(Cl)nc(N3C(C)CCCC3C)c2c1-c1ccc(Cl)cc1. The number of piperidine rings is 1. The van der Waals surface area contributed by atoms with Crippen LogP contribution in [-0.4, -0.2) is 22.1 Å². The Kier molecular flexibility index (Phi) is 4.84. The third-order valence-electron chi connectivity index (χ3n) is 5.25. The Bertz CT molecular complexity index is 942. The lowest BCUT2D eigenvalue weighted by Gasteiger charge is -2.40. The number of fused-ring (bicyclic) bond motifs is 1. The lowest BCUT2D eigenvalue weighted by atomic mass is 9.96. The van der Waals surface area contributed by atoms with Crippen LogP contribution < -0.4 is 4.90 Å². The fraction of sp³-hybridized carbons (Fsp3) is 0.400. The predicted molar refractivity (Wildman–Crippen MR) is 113 cm³/mol. The molecule has 4 rings (SSSR count). The van der Waals surface area contributed by atoms with Crippen molar-refractivity contribution in [2.24, 2.45) is 0 Å². The van der Waals surface area contributed by atoms with Crippen LogP contribution >= 0.6 is 34.5 Å². The number of thiophene rings is 1. The molecule has 0 N–H and O–H groups in total. The molecule has 0 spiro atoms. The van der Waals surface area contributed by atoms with Gasteiger partial charge in [0.05, 0.1) is 5.39 Å². The summed E-state index contributed by atoms with van der Waals surface area (Å²) < 4.78 is 0. The molecular formula is C20H21Cl2N3S. The molecule has 0 bridgehead atoms. The Morgan fingerprint density at radius 1 is 1.04 bits per heavy atom. The van der Waals surface area contributed by atoms with Gasteiger partial charge in [0.15, 0.2) is 0 Å². The smallest absolute Gasteiger partial charge is 0.225 e. The summed E-state index contributed by atoms with van der Waals surface area (Å²) in [5.74, 6) is 0.967. The Morgan fingerprint density at radius 2 is 1.69 bits per heavy atom. The average molecular weight is 406 g/mol. The molecular weight excluding hydrogens is 385 g/mol. The van der Waals surface area contributed by atoms with Crippen molar-refractivity contribution in [1.82, 2.24) is 9.97 Å². The van der Waals surface area contributed by atoms with E-state index in [1.807, 2.05) is 12.1 Å². The van der Waals surface area contributed by atoms with Gasteiger partial charge in [0.2, 0.25) is 5.28 Å². The second kappa shape index (κ2) is 6.99. The Morgan fingerprint density at radius 3 is 2.35 bits per heavy atom. The van der Waals surface area contributed by atoms with E-state index in [1.54, 1.807) is 11.3 Å². The highest BCUT2D eigenvalue weighted by Gasteiger charge is 2.30. The number of benzene rings is 1. The molecule has 0 saturated carbocycles. The van der Waals surface area contributed by atoms with Gasteiger partial charge in [-0.3, -0.25) is 0 Å². The third kappa shape index (κ3) is 3.08. The number of hydrogen-bond donors (Lipinski definition) is 0. The molecule has 2 atom stereocenters. The van der Waals surface area contributed by atoms with Gasteiger partial charge in [-0.05, 0) is 69.3 Å². The maximum atomic E-state index is 6.31. The predicted octanol–water partition coefficient (Wildman–Crippen LogP) is 6.74. The second-order valence-corrected chi connectivity index (χ2v) is 9.05. The standard InChI is InChI=1S/C20H21Cl2N3S/c1-11-5-4-6-12(2)25(11)18-17-16(14-7-9-15(21)10-8-14)13(3)26-19(17)24-20(22)23-18/h7-12H,4-6H2,1-3H3. The Hall–Kier alpha value is -1.36. The number of anilines is 1. The van der Waals surface area contributed by atoms with Crippen LogP contribution in [0.25, 0.3) is 21.3 Å². The molecule has 0 aliphatic carbocycles. The molecule has 3 heterocycles. The minimum atomic E-state index is 0.321. The molecule has 1 saturated heterocycles. The number of nitrogens with zero attached hydrogens (tertiary/aromatic N) is 3. The summed E-state index contributed by atoms with van der Waals surface area (Å²) in [6, 6.07) is 8.87. The maximum absolute atomic E-state index is 6.31. The molecule has 2 aromatic heterocycles. The first-order chi connectivity index (χ1) is 12.5. The van der Waals surface area contributed by atoms with Crippen LogP contribution in [0, 0.1) is 6.92 Å². The number of halogens is 2. The van der Waals surface area contributed by atoms with Crippen molar-refractivity contribution in [2.45, 2.75) is 52.1 Å². The summed E-state index contributed by atoms with van der Waals surface area (Å²) in [6.45, 7) is 6.69. The van der Waals surface area contributed by atoms with Crippen molar-refractivity contribution in [3.63, 3.8) is 0 Å². The molecule has 1 aromatic carbocycles. The number of aryl methyl sites for hydroxylation is 1. The van der Waals surface area contributed by atoms with Gasteiger partial charge >= 0.3 is 0 Å². The second-order valence-electron chi connectivity index (χ2n) is 7.07. The summed E-state index contributed by atoms with van der Waals surface area (Å²) in [7, 11) is 0. The lowest BCUT2D eigenvalue weighted by Crippen LogP contribution is -2.44. The molecule has 3 nitrogen and oxygen atoms in total. The third-order valence-corrected chi connectivity index (χ3v) is 6.67. The van der Waals surface area contributed by atoms with E-state index in [4.69, 9.17) is 28.2 Å². The van der Waals surface area contributed by atoms with Crippen LogP contribution in [0.1, 0.15) is 38.0 Å². The molecule has 1 aliphatic heterocycles. The van der Waals surface area contributed by atoms with Gasteiger partial charge in [0, 0.05) is 27.5 Å². The van der Waals surface area contributed by atoms with E-state index in [1.165, 1.54) is 29.7 Å². The van der Waals surface area contributed by atoms with Crippen molar-refractivity contribution in [3.8, 4) is 11.1 Å². The van der Waals surface area contributed by atoms with Gasteiger partial charge < -0.3 is 4.90 Å². The maximum Gasteiger partial charge on any atom is 0.225 e. The summed E-state index contributed by atoms with van der Waals surface area (Å²) in [5, 5.41) is 2.17. The van der Waals surface area contributed by atoms with Gasteiger partial charge in [-0.15, -0.1) is 11.3 Å². The van der Waals surface area contributed by atoms with Crippen LogP contribution in [0.5, 0.6) is 0 Å². The van der Waals surface area contributed by atoms with Crippen molar-refractivity contribution in [3.05, 3.63) is 39.4 Å². The summed E-state index contributed by atoms with van der Waals surface area (Å²) in [4.78, 5) is 13.8. The zero-order valence-electron chi connectivity index (χ0n) is 15.1. The summed E-state index contributed by atoms with van der Waals surface area (Å²) in [5.41, 5.74) is 2.33. The zero-order valence-corrected chi connectivity index (χ0v) is 17.4. The Balaban J connectivity index is 1.99. The highest BCUT2D eigenvalue weighted by atomic mass is 35.5. The van der Waals surface area contributed by atoms with Crippen LogP contribution in [0.4, 0.5) is 5.82 Å². The first kappa shape index (κ1) is 18.0. The van der Waals surface area contributed by atoms with Crippen LogP contribution in [0.2, 0.25) is 10.3 Å². The first-order valence-electron chi connectivity index (χ1n) is 8.96. The quantitative estimate of drug-likeness (QED) is 0.441. The van der Waals surface area contributed by atoms with Crippen LogP contribution in [0.15, 0.2) is 24.3 Å². The summed E-state index contributed by atoms with van der Waals surface area (Å²) >= 11 is 14.1. The van der Waals surface area contributed by atoms with Crippen LogP contribution in [-0.2, 0) is 0 Å². The molecule has 26 heavy (non-hydrogen) atoms. The minimum Gasteiger partial charge on any atom is -0.351 e. The van der Waals surface area contributed by atoms with Crippen molar-refractivity contribution in [1.29, 1.82) is 0 Å². The van der Waals surface area contributed by atoms with E-state index in [2.05, 4.69) is 42.8 Å². The van der Waals surface area contributed by atoms with E-state index in [0.717, 1.165) is 26.6 Å². The van der Waals surface area contributed by atoms with Gasteiger partial charge in [0.25, 0.3) is 0 Å². The van der Waals surface area contributed by atoms with Gasteiger partial charge in [0.1, 0.15) is 10.6 Å². The number of rotatable bonds is 2. The monoisotopic (exact) mass is 405 g/mol. The normalized spacial score (nSPS) is 20.7. The van der Waals surface area contributed by atoms with Crippen molar-refractivity contribution < 1.29 is 0 Å². The number of hydrogen-bond acceptors (Lipinski definition) is 4. The van der Waals surface area contributed by atoms with Crippen molar-refractivity contribution >= 4 is 50.6 Å². The minimum absolute atomic E-state index is 0.321. The molecule has 1 fully saturated rings. The van der Waals surface area contributed by atoms with Gasteiger partial charge in [-0.25, -0.2) is 4.98 Å². The topological polar surface area (TPSA) is 29.0 Å². The number of aromatic nitrogens is 2. The van der Waals surface area contributed by atoms with E-state index in [0.29, 0.717) is 17.4 Å². The van der Waals surface area contributed by atoms with E-state index in [-0.39, 0.29) is 0 Å². The average Bonchev–Trinajstić information content (AvgIpc) is 2.91. The molecule has 3 aromatic rings. The molecule has 136 valence electrons. The highest BCUT2D eigenvalue weighted by molar-refractivity contribution is 7.19. The highest BCUT2D eigenvalue weighted by Crippen LogP contribution is 2.44. The van der Waals surface area contributed by atoms with E-state index < -0.39 is 0 Å². The molecule has 1 aliphatic rings. The largest absolute Gasteiger partial charge is 0.351 e. The molecule has 6 heteroatoms. The van der Waals surface area contributed by atoms with E-state index >= 15 is 0 Å². The molecule has 0 amide bonds. The summed E-state index contributed by atoms with van der Waals surface area (Å²) in [6.07, 6.45) is 3.60. The first-order valence-corrected chi connectivity index (χ1v) is 10.5. The zero-order chi connectivity index (χ0) is 18.4. The lowest BCUT2D eigenvalue weighted by molar-refractivity contribution is 0.412. The fourth-order valence-electron chi connectivity index (χ4n) is 4.06. The van der Waals surface area contributed by atoms with E-state index in [9.17, 15) is 0 Å².